The maximum atomic E-state index is 14.1. The molecular weight excluding hydrogens is 770 g/mol. The van der Waals surface area contributed by atoms with Crippen LogP contribution in [0, 0.1) is 28.5 Å². The molecule has 3 aromatic rings. The highest BCUT2D eigenvalue weighted by Crippen LogP contribution is 2.46. The minimum atomic E-state index is -4.84. The maximum absolute atomic E-state index is 14.1. The Morgan fingerprint density at radius 1 is 1.00 bits per heavy atom. The van der Waals surface area contributed by atoms with Gasteiger partial charge in [0.1, 0.15) is 48.1 Å². The van der Waals surface area contributed by atoms with E-state index in [0.29, 0.717) is 17.7 Å². The number of ether oxygens (including phenoxy) is 3. The molecule has 318 valence electrons. The molecule has 0 aliphatic carbocycles. The number of unbranched alkanes of at least 4 members (excludes halogenated alkanes) is 12. The third-order valence-corrected chi connectivity index (χ3v) is 10.9. The number of benzene rings is 1. The molecule has 0 spiro atoms. The summed E-state index contributed by atoms with van der Waals surface area (Å²) in [6.45, 7) is 1.28. The molecule has 58 heavy (non-hydrogen) atoms. The summed E-state index contributed by atoms with van der Waals surface area (Å²) in [6.07, 6.45) is 16.5. The molecule has 1 fully saturated rings. The highest BCUT2D eigenvalue weighted by atomic mass is 31.2. The van der Waals surface area contributed by atoms with Crippen molar-refractivity contribution in [2.75, 3.05) is 32.2 Å². The molecule has 1 aliphatic rings. The summed E-state index contributed by atoms with van der Waals surface area (Å²) in [5.41, 5.74) is 4.63. The van der Waals surface area contributed by atoms with Crippen molar-refractivity contribution in [3.05, 3.63) is 71.4 Å². The van der Waals surface area contributed by atoms with Crippen LogP contribution < -0.4 is 5.73 Å². The topological polar surface area (TPSA) is 228 Å². The summed E-state index contributed by atoms with van der Waals surface area (Å²) < 4.78 is 56.2. The summed E-state index contributed by atoms with van der Waals surface area (Å²) in [4.78, 5) is 14.5. The maximum Gasteiger partial charge on any atom is 0.472 e. The molecule has 1 aromatic carbocycles. The van der Waals surface area contributed by atoms with Crippen LogP contribution >= 0.6 is 7.82 Å². The predicted molar refractivity (Wildman–Crippen MR) is 213 cm³/mol. The molecule has 1 aliphatic heterocycles. The van der Waals surface area contributed by atoms with Gasteiger partial charge in [0, 0.05) is 6.61 Å². The third kappa shape index (κ3) is 14.2. The number of aromatic nitrogens is 3. The number of nitrogens with zero attached hydrogens (tertiary/aromatic N) is 5. The Bertz CT molecular complexity index is 1870. The molecule has 6 atom stereocenters. The second kappa shape index (κ2) is 24.3. The number of allylic oxidation sites excluding steroid dienone is 2. The van der Waals surface area contributed by atoms with E-state index in [-0.39, 0.29) is 30.3 Å². The number of halogens is 1. The number of phosphoric ester groups is 1. The van der Waals surface area contributed by atoms with Crippen LogP contribution in [0.5, 0.6) is 0 Å². The van der Waals surface area contributed by atoms with E-state index in [0.717, 1.165) is 44.5 Å². The van der Waals surface area contributed by atoms with Crippen LogP contribution in [-0.4, -0.2) is 80.5 Å². The lowest BCUT2D eigenvalue weighted by Gasteiger charge is -2.24. The first kappa shape index (κ1) is 46.9. The molecule has 0 saturated carbocycles. The van der Waals surface area contributed by atoms with Gasteiger partial charge in [-0.3, -0.25) is 9.05 Å². The predicted octanol–water partition coefficient (Wildman–Crippen LogP) is 6.93. The average molecular weight is 829 g/mol. The van der Waals surface area contributed by atoms with Gasteiger partial charge in [0.2, 0.25) is 5.60 Å². The van der Waals surface area contributed by atoms with Gasteiger partial charge < -0.3 is 35.1 Å². The summed E-state index contributed by atoms with van der Waals surface area (Å²) in [6, 6.07) is 10.5. The molecular formula is C41H58FN6O9P. The first-order valence-electron chi connectivity index (χ1n) is 20.2. The molecule has 17 heteroatoms. The van der Waals surface area contributed by atoms with Crippen molar-refractivity contribution in [3.63, 3.8) is 0 Å². The first-order chi connectivity index (χ1) is 28.0. The standard InChI is InChI=1S/C41H58FN6O9P/c1-2-3-4-5-6-7-8-9-10-11-12-13-14-15-16-17-20-53-26-34(54-25-32-21-31(24-43)22-33(42)23-32)27-55-58(51,52)56-28-36-38(49)39(50)41(29-44,57-36)37-19-18-35-40(45)46-30-47-48(35)37/h9-10,18-19,21-23,30,34,36,38-39,49-50H,2-8,11-17,20,25-28H2,1H3,(H,51,52)(H2,45,46,47)/b10-9+/t34-,36-,38-,39-,41+/m1/s1. The van der Waals surface area contributed by atoms with Crippen LogP contribution in [0.1, 0.15) is 114 Å². The SMILES string of the molecule is CCCCCCCC/C=C/CCCCCCCCOC[C@H](COP(=O)(O)OC[C@H]1O[C@@](C#N)(c2ccc3c(N)ncnn23)[C@H](O)[C@@H]1O)OCc1cc(F)cc(C#N)c1. The normalized spacial score (nSPS) is 21.0. The number of hydrogen-bond donors (Lipinski definition) is 4. The number of rotatable bonds is 28. The fourth-order valence-electron chi connectivity index (χ4n) is 6.76. The monoisotopic (exact) mass is 828 g/mol. The Morgan fingerprint density at radius 2 is 1.69 bits per heavy atom. The smallest absolute Gasteiger partial charge is 0.387 e. The van der Waals surface area contributed by atoms with Crippen LogP contribution in [0.3, 0.4) is 0 Å². The van der Waals surface area contributed by atoms with Crippen molar-refractivity contribution in [2.24, 2.45) is 0 Å². The van der Waals surface area contributed by atoms with Crippen LogP contribution in [0.4, 0.5) is 10.2 Å². The summed E-state index contributed by atoms with van der Waals surface area (Å²) >= 11 is 0. The van der Waals surface area contributed by atoms with Crippen molar-refractivity contribution in [3.8, 4) is 12.1 Å². The van der Waals surface area contributed by atoms with Crippen LogP contribution in [0.2, 0.25) is 0 Å². The van der Waals surface area contributed by atoms with Gasteiger partial charge in [0.25, 0.3) is 0 Å². The molecule has 3 heterocycles. The van der Waals surface area contributed by atoms with Gasteiger partial charge in [-0.15, -0.1) is 0 Å². The number of aliphatic hydroxyl groups excluding tert-OH is 2. The molecule has 4 rings (SSSR count). The fraction of sp³-hybridized carbons (Fsp3) is 0.610. The number of aliphatic hydroxyl groups is 2. The van der Waals surface area contributed by atoms with Crippen molar-refractivity contribution >= 4 is 19.2 Å². The Hall–Kier alpha value is -3.80. The number of nitriles is 2. The van der Waals surface area contributed by atoms with Gasteiger partial charge in [-0.25, -0.2) is 18.5 Å². The lowest BCUT2D eigenvalue weighted by atomic mass is 9.92. The van der Waals surface area contributed by atoms with E-state index in [4.69, 9.17) is 29.0 Å². The lowest BCUT2D eigenvalue weighted by Crippen LogP contribution is -2.41. The fourth-order valence-corrected chi connectivity index (χ4v) is 7.52. The Balaban J connectivity index is 1.21. The molecule has 0 amide bonds. The number of phosphoric acid groups is 1. The Labute approximate surface area is 340 Å². The third-order valence-electron chi connectivity index (χ3n) is 9.99. The van der Waals surface area contributed by atoms with Crippen molar-refractivity contribution < 1.29 is 47.3 Å². The number of anilines is 1. The van der Waals surface area contributed by atoms with Gasteiger partial charge >= 0.3 is 7.82 Å². The van der Waals surface area contributed by atoms with Crippen molar-refractivity contribution in [1.82, 2.24) is 14.6 Å². The molecule has 0 bridgehead atoms. The van der Waals surface area contributed by atoms with E-state index in [1.165, 1.54) is 86.6 Å². The second-order valence-electron chi connectivity index (χ2n) is 14.6. The van der Waals surface area contributed by atoms with Crippen molar-refractivity contribution in [2.45, 2.75) is 133 Å². The largest absolute Gasteiger partial charge is 0.472 e. The van der Waals surface area contributed by atoms with E-state index in [9.17, 15) is 34.6 Å². The molecule has 15 nitrogen and oxygen atoms in total. The van der Waals surface area contributed by atoms with Gasteiger partial charge in [0.15, 0.2) is 5.82 Å². The van der Waals surface area contributed by atoms with Gasteiger partial charge in [0.05, 0.1) is 43.8 Å². The summed E-state index contributed by atoms with van der Waals surface area (Å²) in [5, 5.41) is 45.2. The summed E-state index contributed by atoms with van der Waals surface area (Å²) in [7, 11) is -4.84. The molecule has 1 unspecified atom stereocenters. The van der Waals surface area contributed by atoms with Crippen molar-refractivity contribution in [1.29, 1.82) is 10.5 Å². The van der Waals surface area contributed by atoms with E-state index >= 15 is 0 Å². The first-order valence-corrected chi connectivity index (χ1v) is 21.7. The zero-order valence-electron chi connectivity index (χ0n) is 33.3. The van der Waals surface area contributed by atoms with E-state index in [1.54, 1.807) is 0 Å². The quantitative estimate of drug-likeness (QED) is 0.0331. The highest BCUT2D eigenvalue weighted by Gasteiger charge is 2.58. The Morgan fingerprint density at radius 3 is 2.38 bits per heavy atom. The highest BCUT2D eigenvalue weighted by molar-refractivity contribution is 7.47. The zero-order chi connectivity index (χ0) is 41.8. The molecule has 1 saturated heterocycles. The second-order valence-corrected chi connectivity index (χ2v) is 16.0. The van der Waals surface area contributed by atoms with Crippen LogP contribution in [0.25, 0.3) is 5.52 Å². The molecule has 0 radical (unpaired) electrons. The number of hydrogen-bond acceptors (Lipinski definition) is 13. The number of nitrogens with two attached hydrogens (primary N) is 1. The molecule has 2 aromatic heterocycles. The number of fused-ring (bicyclic) bond motifs is 1. The minimum absolute atomic E-state index is 0.0217. The van der Waals surface area contributed by atoms with Gasteiger partial charge in [-0.05, 0) is 68.0 Å². The minimum Gasteiger partial charge on any atom is -0.387 e. The van der Waals surface area contributed by atoms with Crippen LogP contribution in [-0.2, 0) is 40.0 Å². The van der Waals surface area contributed by atoms with Gasteiger partial charge in [-0.2, -0.15) is 15.6 Å². The van der Waals surface area contributed by atoms with E-state index < -0.39 is 56.9 Å². The zero-order valence-corrected chi connectivity index (χ0v) is 34.2. The Kier molecular flexibility index (Phi) is 19.7. The average Bonchev–Trinajstić information content (AvgIpc) is 3.76. The van der Waals surface area contributed by atoms with Gasteiger partial charge in [-0.1, -0.05) is 76.9 Å². The summed E-state index contributed by atoms with van der Waals surface area (Å²) in [5.74, 6) is -0.506. The number of nitrogen functional groups attached to an aromatic ring is 1. The van der Waals surface area contributed by atoms with E-state index in [1.807, 2.05) is 12.1 Å². The lowest BCUT2D eigenvalue weighted by molar-refractivity contribution is -0.0690. The van der Waals surface area contributed by atoms with Crippen LogP contribution in [0.15, 0.2) is 48.8 Å². The molecule has 5 N–H and O–H groups in total. The van der Waals surface area contributed by atoms with E-state index in [2.05, 4.69) is 29.2 Å².